The fourth-order valence-corrected chi connectivity index (χ4v) is 2.94. The summed E-state index contributed by atoms with van der Waals surface area (Å²) < 4.78 is 5.27. The smallest absolute Gasteiger partial charge is 0.306 e. The summed E-state index contributed by atoms with van der Waals surface area (Å²) in [6.45, 7) is 12.4. The first-order valence-corrected chi connectivity index (χ1v) is 8.74. The molecule has 0 aromatic heterocycles. The van der Waals surface area contributed by atoms with Crippen LogP contribution in [0.3, 0.4) is 0 Å². The Morgan fingerprint density at radius 1 is 1.13 bits per heavy atom. The van der Waals surface area contributed by atoms with E-state index < -0.39 is 5.54 Å². The molecule has 0 aliphatic rings. The van der Waals surface area contributed by atoms with Crippen LogP contribution >= 0.6 is 0 Å². The third kappa shape index (κ3) is 12.0. The number of nitrogens with two attached hydrogens (primary N) is 1. The SMILES string of the molecule is CCCC(CC)COC(=O)CCC(=O)NC(C)(C)CC(C)(C)N. The van der Waals surface area contributed by atoms with Crippen LogP contribution in [0.5, 0.6) is 0 Å². The second kappa shape index (κ2) is 9.91. The number of ether oxygens (including phenoxy) is 1. The Hall–Kier alpha value is -1.10. The van der Waals surface area contributed by atoms with Crippen molar-refractivity contribution in [2.75, 3.05) is 6.61 Å². The van der Waals surface area contributed by atoms with Gasteiger partial charge in [0.2, 0.25) is 5.91 Å². The number of rotatable bonds is 11. The molecule has 0 aliphatic heterocycles. The zero-order valence-electron chi connectivity index (χ0n) is 15.8. The highest BCUT2D eigenvalue weighted by molar-refractivity contribution is 5.81. The topological polar surface area (TPSA) is 81.4 Å². The molecule has 1 atom stereocenters. The predicted molar refractivity (Wildman–Crippen MR) is 94.0 cm³/mol. The molecular formula is C18H36N2O3. The van der Waals surface area contributed by atoms with Gasteiger partial charge < -0.3 is 15.8 Å². The lowest BCUT2D eigenvalue weighted by molar-refractivity contribution is -0.146. The number of carbonyl (C=O) groups excluding carboxylic acids is 2. The van der Waals surface area contributed by atoms with Gasteiger partial charge in [0.15, 0.2) is 0 Å². The lowest BCUT2D eigenvalue weighted by Gasteiger charge is -2.33. The van der Waals surface area contributed by atoms with E-state index in [0.717, 1.165) is 19.3 Å². The summed E-state index contributed by atoms with van der Waals surface area (Å²) in [6, 6.07) is 0. The molecule has 0 bridgehead atoms. The van der Waals surface area contributed by atoms with Crippen molar-refractivity contribution in [1.82, 2.24) is 5.32 Å². The summed E-state index contributed by atoms with van der Waals surface area (Å²) in [5, 5.41) is 2.94. The fraction of sp³-hybridized carbons (Fsp3) is 0.889. The standard InChI is InChI=1S/C18H36N2O3/c1-7-9-14(8-2)12-23-16(22)11-10-15(21)20-18(5,6)13-17(3,4)19/h14H,7-13,19H2,1-6H3,(H,20,21). The highest BCUT2D eigenvalue weighted by Crippen LogP contribution is 2.18. The maximum Gasteiger partial charge on any atom is 0.306 e. The van der Waals surface area contributed by atoms with Gasteiger partial charge in [0.25, 0.3) is 0 Å². The first kappa shape index (κ1) is 21.9. The molecule has 0 rings (SSSR count). The van der Waals surface area contributed by atoms with Crippen molar-refractivity contribution in [3.63, 3.8) is 0 Å². The van der Waals surface area contributed by atoms with E-state index in [0.29, 0.717) is 18.9 Å². The predicted octanol–water partition coefficient (Wildman–Crippen LogP) is 3.16. The number of hydrogen-bond donors (Lipinski definition) is 2. The molecule has 0 radical (unpaired) electrons. The quantitative estimate of drug-likeness (QED) is 0.571. The molecule has 0 aromatic rings. The van der Waals surface area contributed by atoms with E-state index in [4.69, 9.17) is 10.5 Å². The molecule has 0 aliphatic carbocycles. The molecule has 0 aromatic carbocycles. The van der Waals surface area contributed by atoms with Crippen LogP contribution in [0.15, 0.2) is 0 Å². The van der Waals surface area contributed by atoms with Crippen LogP contribution in [-0.2, 0) is 14.3 Å². The highest BCUT2D eigenvalue weighted by atomic mass is 16.5. The van der Waals surface area contributed by atoms with Gasteiger partial charge in [-0.05, 0) is 46.5 Å². The van der Waals surface area contributed by atoms with Crippen LogP contribution in [0, 0.1) is 5.92 Å². The molecule has 23 heavy (non-hydrogen) atoms. The van der Waals surface area contributed by atoms with Gasteiger partial charge in [-0.1, -0.05) is 26.7 Å². The fourth-order valence-electron chi connectivity index (χ4n) is 2.94. The number of nitrogens with one attached hydrogen (secondary N) is 1. The van der Waals surface area contributed by atoms with Crippen LogP contribution < -0.4 is 11.1 Å². The molecule has 1 unspecified atom stereocenters. The van der Waals surface area contributed by atoms with Crippen LogP contribution in [0.25, 0.3) is 0 Å². The van der Waals surface area contributed by atoms with Crippen molar-refractivity contribution in [2.45, 2.75) is 91.1 Å². The van der Waals surface area contributed by atoms with Gasteiger partial charge in [0.05, 0.1) is 13.0 Å². The van der Waals surface area contributed by atoms with Crippen LogP contribution in [-0.4, -0.2) is 29.6 Å². The van der Waals surface area contributed by atoms with Crippen LogP contribution in [0.4, 0.5) is 0 Å². The lowest BCUT2D eigenvalue weighted by Crippen LogP contribution is -2.50. The van der Waals surface area contributed by atoms with Gasteiger partial charge in [0.1, 0.15) is 0 Å². The molecule has 5 nitrogen and oxygen atoms in total. The second-order valence-electron chi connectivity index (χ2n) is 7.84. The number of carbonyl (C=O) groups is 2. The first-order valence-electron chi connectivity index (χ1n) is 8.74. The van der Waals surface area contributed by atoms with Crippen molar-refractivity contribution in [2.24, 2.45) is 11.7 Å². The molecule has 136 valence electrons. The Kier molecular flexibility index (Phi) is 9.44. The molecule has 3 N–H and O–H groups in total. The Morgan fingerprint density at radius 3 is 2.22 bits per heavy atom. The molecule has 0 spiro atoms. The van der Waals surface area contributed by atoms with E-state index in [1.807, 2.05) is 27.7 Å². The molecule has 5 heteroatoms. The van der Waals surface area contributed by atoms with E-state index in [-0.39, 0.29) is 30.3 Å². The third-order valence-corrected chi connectivity index (χ3v) is 3.69. The largest absolute Gasteiger partial charge is 0.465 e. The maximum absolute atomic E-state index is 12.0. The zero-order valence-corrected chi connectivity index (χ0v) is 15.8. The molecule has 0 fully saturated rings. The highest BCUT2D eigenvalue weighted by Gasteiger charge is 2.27. The normalized spacial score (nSPS) is 13.5. The number of amides is 1. The van der Waals surface area contributed by atoms with Gasteiger partial charge >= 0.3 is 5.97 Å². The van der Waals surface area contributed by atoms with Crippen molar-refractivity contribution >= 4 is 11.9 Å². The zero-order chi connectivity index (χ0) is 18.1. The maximum atomic E-state index is 12.0. The summed E-state index contributed by atoms with van der Waals surface area (Å²) in [4.78, 5) is 23.7. The van der Waals surface area contributed by atoms with Crippen molar-refractivity contribution < 1.29 is 14.3 Å². The summed E-state index contributed by atoms with van der Waals surface area (Å²) in [5.74, 6) is -0.0213. The summed E-state index contributed by atoms with van der Waals surface area (Å²) in [6.07, 6.45) is 4.09. The van der Waals surface area contributed by atoms with E-state index in [9.17, 15) is 9.59 Å². The number of hydrogen-bond acceptors (Lipinski definition) is 4. The lowest BCUT2D eigenvalue weighted by atomic mass is 9.87. The molecule has 1 amide bonds. The minimum atomic E-state index is -0.395. The Bertz CT molecular complexity index is 373. The van der Waals surface area contributed by atoms with E-state index in [2.05, 4.69) is 19.2 Å². The van der Waals surface area contributed by atoms with Gasteiger partial charge in [-0.25, -0.2) is 0 Å². The van der Waals surface area contributed by atoms with Crippen LogP contribution in [0.1, 0.15) is 80.1 Å². The minimum absolute atomic E-state index is 0.122. The Balaban J connectivity index is 4.11. The van der Waals surface area contributed by atoms with Gasteiger partial charge in [-0.3, -0.25) is 9.59 Å². The van der Waals surface area contributed by atoms with Crippen LogP contribution in [0.2, 0.25) is 0 Å². The molecular weight excluding hydrogens is 292 g/mol. The first-order chi connectivity index (χ1) is 10.5. The third-order valence-electron chi connectivity index (χ3n) is 3.69. The molecule has 0 heterocycles. The van der Waals surface area contributed by atoms with Gasteiger partial charge in [0, 0.05) is 17.5 Å². The monoisotopic (exact) mass is 328 g/mol. The number of esters is 1. The molecule has 0 saturated heterocycles. The minimum Gasteiger partial charge on any atom is -0.465 e. The van der Waals surface area contributed by atoms with E-state index >= 15 is 0 Å². The van der Waals surface area contributed by atoms with Gasteiger partial charge in [-0.2, -0.15) is 0 Å². The second-order valence-corrected chi connectivity index (χ2v) is 7.84. The van der Waals surface area contributed by atoms with E-state index in [1.54, 1.807) is 0 Å². The van der Waals surface area contributed by atoms with Crippen molar-refractivity contribution in [1.29, 1.82) is 0 Å². The average Bonchev–Trinajstić information content (AvgIpc) is 2.37. The van der Waals surface area contributed by atoms with Crippen molar-refractivity contribution in [3.8, 4) is 0 Å². The summed E-state index contributed by atoms with van der Waals surface area (Å²) >= 11 is 0. The Labute approximate surface area is 141 Å². The summed E-state index contributed by atoms with van der Waals surface area (Å²) in [5.41, 5.74) is 5.25. The van der Waals surface area contributed by atoms with E-state index in [1.165, 1.54) is 0 Å². The molecule has 0 saturated carbocycles. The Morgan fingerprint density at radius 2 is 1.74 bits per heavy atom. The van der Waals surface area contributed by atoms with Crippen molar-refractivity contribution in [3.05, 3.63) is 0 Å². The average molecular weight is 328 g/mol. The summed E-state index contributed by atoms with van der Waals surface area (Å²) in [7, 11) is 0. The van der Waals surface area contributed by atoms with Gasteiger partial charge in [-0.15, -0.1) is 0 Å².